The molecule has 0 aliphatic heterocycles. The van der Waals surface area contributed by atoms with Crippen LogP contribution in [0.2, 0.25) is 5.15 Å². The first-order chi connectivity index (χ1) is 7.98. The summed E-state index contributed by atoms with van der Waals surface area (Å²) in [5, 5.41) is 0.367. The van der Waals surface area contributed by atoms with E-state index in [9.17, 15) is 8.78 Å². The van der Waals surface area contributed by atoms with Crippen LogP contribution in [0.25, 0.3) is 10.2 Å². The number of fused-ring (bicyclic) bond motifs is 1. The van der Waals surface area contributed by atoms with E-state index in [2.05, 4.69) is 4.98 Å². The van der Waals surface area contributed by atoms with Gasteiger partial charge in [0.2, 0.25) is 0 Å². The predicted molar refractivity (Wildman–Crippen MR) is 64.9 cm³/mol. The molecule has 0 amide bonds. The van der Waals surface area contributed by atoms with Gasteiger partial charge in [-0.3, -0.25) is 0 Å². The Morgan fingerprint density at radius 3 is 2.76 bits per heavy atom. The topological polar surface area (TPSA) is 38.9 Å². The summed E-state index contributed by atoms with van der Waals surface area (Å²) in [7, 11) is 0. The van der Waals surface area contributed by atoms with Crippen LogP contribution in [0.4, 0.5) is 8.78 Å². The summed E-state index contributed by atoms with van der Waals surface area (Å²) in [6.45, 7) is -0.0411. The minimum Gasteiger partial charge on any atom is -0.329 e. The highest BCUT2D eigenvalue weighted by molar-refractivity contribution is 7.19. The Labute approximate surface area is 105 Å². The molecule has 2 N–H and O–H groups in total. The highest BCUT2D eigenvalue weighted by Crippen LogP contribution is 2.62. The molecular weight excluding hydrogens is 266 g/mol. The van der Waals surface area contributed by atoms with Crippen LogP contribution in [-0.4, -0.2) is 17.5 Å². The van der Waals surface area contributed by atoms with Crippen molar-refractivity contribution in [3.8, 4) is 0 Å². The Balaban J connectivity index is 2.13. The molecule has 1 aliphatic carbocycles. The average molecular weight is 275 g/mol. The second kappa shape index (κ2) is 3.37. The van der Waals surface area contributed by atoms with Gasteiger partial charge < -0.3 is 5.73 Å². The molecule has 0 saturated heterocycles. The number of nitrogens with zero attached hydrogens (tertiary/aromatic N) is 1. The molecule has 3 rings (SSSR count). The van der Waals surface area contributed by atoms with E-state index in [0.29, 0.717) is 15.5 Å². The van der Waals surface area contributed by atoms with Gasteiger partial charge in [-0.1, -0.05) is 11.6 Å². The monoisotopic (exact) mass is 274 g/mol. The molecule has 2 aromatic heterocycles. The van der Waals surface area contributed by atoms with E-state index < -0.39 is 11.3 Å². The van der Waals surface area contributed by atoms with E-state index in [1.807, 2.05) is 0 Å². The highest BCUT2D eigenvalue weighted by Gasteiger charge is 2.71. The van der Waals surface area contributed by atoms with Crippen molar-refractivity contribution in [2.24, 2.45) is 5.73 Å². The third-order valence-electron chi connectivity index (χ3n) is 3.26. The molecule has 2 nitrogen and oxygen atoms in total. The molecule has 1 unspecified atom stereocenters. The summed E-state index contributed by atoms with van der Waals surface area (Å²) in [5.74, 6) is -2.69. The van der Waals surface area contributed by atoms with E-state index in [0.717, 1.165) is 4.70 Å². The van der Waals surface area contributed by atoms with Crippen LogP contribution in [0.5, 0.6) is 0 Å². The van der Waals surface area contributed by atoms with Crippen molar-refractivity contribution in [2.75, 3.05) is 6.54 Å². The van der Waals surface area contributed by atoms with Gasteiger partial charge in [0, 0.05) is 17.8 Å². The summed E-state index contributed by atoms with van der Waals surface area (Å²) >= 11 is 7.09. The normalized spacial score (nSPS) is 26.4. The lowest BCUT2D eigenvalue weighted by Crippen LogP contribution is -2.25. The molecule has 0 spiro atoms. The zero-order chi connectivity index (χ0) is 12.3. The Kier molecular flexibility index (Phi) is 2.24. The maximum atomic E-state index is 13.4. The smallest absolute Gasteiger partial charge is 0.261 e. The van der Waals surface area contributed by atoms with E-state index in [-0.39, 0.29) is 13.0 Å². The van der Waals surface area contributed by atoms with Crippen molar-refractivity contribution in [3.63, 3.8) is 0 Å². The Bertz CT molecular complexity index is 598. The lowest BCUT2D eigenvalue weighted by Gasteiger charge is -2.10. The van der Waals surface area contributed by atoms with Crippen LogP contribution in [0.15, 0.2) is 18.2 Å². The first kappa shape index (κ1) is 11.3. The first-order valence-electron chi connectivity index (χ1n) is 5.13. The fourth-order valence-electron chi connectivity index (χ4n) is 2.06. The predicted octanol–water partition coefficient (Wildman–Crippen LogP) is 3.19. The Morgan fingerprint density at radius 2 is 2.18 bits per heavy atom. The van der Waals surface area contributed by atoms with Crippen LogP contribution < -0.4 is 5.73 Å². The summed E-state index contributed by atoms with van der Waals surface area (Å²) in [6.07, 6.45) is -0.170. The van der Waals surface area contributed by atoms with Gasteiger partial charge in [0.1, 0.15) is 5.15 Å². The van der Waals surface area contributed by atoms with Crippen LogP contribution in [0, 0.1) is 0 Å². The van der Waals surface area contributed by atoms with E-state index in [1.54, 1.807) is 18.2 Å². The minimum atomic E-state index is -2.69. The minimum absolute atomic E-state index is 0.0411. The third-order valence-corrected chi connectivity index (χ3v) is 4.76. The molecule has 1 atom stereocenters. The molecule has 17 heavy (non-hydrogen) atoms. The van der Waals surface area contributed by atoms with Crippen molar-refractivity contribution in [2.45, 2.75) is 17.8 Å². The van der Waals surface area contributed by atoms with Gasteiger partial charge in [0.15, 0.2) is 0 Å². The second-order valence-corrected chi connectivity index (χ2v) is 5.77. The molecule has 2 aromatic rings. The largest absolute Gasteiger partial charge is 0.329 e. The van der Waals surface area contributed by atoms with Gasteiger partial charge >= 0.3 is 0 Å². The third kappa shape index (κ3) is 1.49. The maximum Gasteiger partial charge on any atom is 0.261 e. The van der Waals surface area contributed by atoms with Gasteiger partial charge in [0.25, 0.3) is 5.92 Å². The lowest BCUT2D eigenvalue weighted by atomic mass is 10.0. The van der Waals surface area contributed by atoms with Gasteiger partial charge in [0.05, 0.1) is 15.6 Å². The summed E-state index contributed by atoms with van der Waals surface area (Å²) in [6, 6.07) is 5.13. The van der Waals surface area contributed by atoms with Crippen molar-refractivity contribution in [3.05, 3.63) is 28.2 Å². The molecule has 1 fully saturated rings. The van der Waals surface area contributed by atoms with Gasteiger partial charge in [-0.2, -0.15) is 0 Å². The van der Waals surface area contributed by atoms with Crippen LogP contribution in [0.1, 0.15) is 11.3 Å². The molecule has 0 radical (unpaired) electrons. The first-order valence-corrected chi connectivity index (χ1v) is 6.32. The van der Waals surface area contributed by atoms with Crippen molar-refractivity contribution in [1.82, 2.24) is 4.98 Å². The number of nitrogens with two attached hydrogens (primary N) is 1. The number of thiophene rings is 1. The quantitative estimate of drug-likeness (QED) is 0.854. The number of hydrogen-bond acceptors (Lipinski definition) is 3. The van der Waals surface area contributed by atoms with Crippen molar-refractivity contribution in [1.29, 1.82) is 0 Å². The number of alkyl halides is 2. The second-order valence-electron chi connectivity index (χ2n) is 4.30. The highest BCUT2D eigenvalue weighted by atomic mass is 35.5. The zero-order valence-electron chi connectivity index (χ0n) is 8.71. The summed E-state index contributed by atoms with van der Waals surface area (Å²) < 4.78 is 27.7. The van der Waals surface area contributed by atoms with E-state index in [4.69, 9.17) is 17.3 Å². The van der Waals surface area contributed by atoms with Gasteiger partial charge in [-0.05, 0) is 18.2 Å². The van der Waals surface area contributed by atoms with Crippen molar-refractivity contribution < 1.29 is 8.78 Å². The molecule has 6 heteroatoms. The molecule has 1 aliphatic rings. The number of hydrogen-bond donors (Lipinski definition) is 1. The summed E-state index contributed by atoms with van der Waals surface area (Å²) in [4.78, 5) is 4.72. The van der Waals surface area contributed by atoms with E-state index in [1.165, 1.54) is 11.3 Å². The number of halogens is 3. The maximum absolute atomic E-state index is 13.4. The average Bonchev–Trinajstić information content (AvgIpc) is 2.66. The SMILES string of the molecule is NCC1(c2cc3nc(Cl)ccc3s2)CC1(F)F. The molecule has 1 saturated carbocycles. The number of pyridine rings is 1. The summed E-state index contributed by atoms with van der Waals surface area (Å²) in [5.41, 5.74) is 4.99. The van der Waals surface area contributed by atoms with Crippen LogP contribution in [-0.2, 0) is 5.41 Å². The van der Waals surface area contributed by atoms with Gasteiger partial charge in [-0.25, -0.2) is 13.8 Å². The standard InChI is InChI=1S/C11H9ClF2N2S/c12-9-2-1-7-6(16-9)3-8(17-7)10(5-15)4-11(10,13)14/h1-3H,4-5,15H2. The fraction of sp³-hybridized carbons (Fsp3) is 0.364. The van der Waals surface area contributed by atoms with Crippen molar-refractivity contribution >= 4 is 33.2 Å². The van der Waals surface area contributed by atoms with Gasteiger partial charge in [-0.15, -0.1) is 11.3 Å². The fourth-order valence-corrected chi connectivity index (χ4v) is 3.47. The Hall–Kier alpha value is -0.780. The molecule has 90 valence electrons. The number of aromatic nitrogens is 1. The number of rotatable bonds is 2. The molecular formula is C11H9ClF2N2S. The lowest BCUT2D eigenvalue weighted by molar-refractivity contribution is 0.0904. The molecule has 2 heterocycles. The van der Waals surface area contributed by atoms with Crippen LogP contribution >= 0.6 is 22.9 Å². The van der Waals surface area contributed by atoms with Crippen LogP contribution in [0.3, 0.4) is 0 Å². The molecule has 0 aromatic carbocycles. The Morgan fingerprint density at radius 1 is 1.47 bits per heavy atom. The molecule has 0 bridgehead atoms. The van der Waals surface area contributed by atoms with E-state index >= 15 is 0 Å². The zero-order valence-corrected chi connectivity index (χ0v) is 10.3.